The number of nitrogens with one attached hydrogen (secondary N) is 2. The highest BCUT2D eigenvalue weighted by atomic mass is 32.1. The molecule has 0 unspecified atom stereocenters. The van der Waals surface area contributed by atoms with Crippen molar-refractivity contribution < 1.29 is 4.79 Å². The zero-order chi connectivity index (χ0) is 16.1. The third kappa shape index (κ3) is 4.74. The van der Waals surface area contributed by atoms with Crippen molar-refractivity contribution in [2.45, 2.75) is 32.9 Å². The minimum Gasteiger partial charge on any atom is -0.334 e. The molecule has 2 heterocycles. The van der Waals surface area contributed by atoms with Crippen LogP contribution in [0, 0.1) is 6.92 Å². The summed E-state index contributed by atoms with van der Waals surface area (Å²) in [6, 6.07) is 8.13. The van der Waals surface area contributed by atoms with Gasteiger partial charge in [-0.2, -0.15) is 0 Å². The number of amides is 2. The lowest BCUT2D eigenvalue weighted by molar-refractivity contribution is 0.251. The number of hydrogen-bond acceptors (Lipinski definition) is 5. The van der Waals surface area contributed by atoms with Gasteiger partial charge in [-0.15, -0.1) is 10.2 Å². The summed E-state index contributed by atoms with van der Waals surface area (Å²) in [5.74, 6) is 0. The van der Waals surface area contributed by atoms with Gasteiger partial charge in [0.25, 0.3) is 0 Å². The van der Waals surface area contributed by atoms with Crippen molar-refractivity contribution in [2.24, 2.45) is 0 Å². The molecule has 2 amide bonds. The minimum atomic E-state index is -0.258. The summed E-state index contributed by atoms with van der Waals surface area (Å²) in [7, 11) is 0. The average Bonchev–Trinajstić information content (AvgIpc) is 3.18. The van der Waals surface area contributed by atoms with Crippen LogP contribution in [0.4, 0.5) is 9.93 Å². The normalized spacial score (nSPS) is 14.8. The molecule has 1 aliphatic rings. The molecule has 2 aromatic rings. The Morgan fingerprint density at radius 1 is 1.26 bits per heavy atom. The Bertz CT molecular complexity index is 666. The predicted molar refractivity (Wildman–Crippen MR) is 91.5 cm³/mol. The van der Waals surface area contributed by atoms with E-state index >= 15 is 0 Å². The molecular weight excluding hydrogens is 310 g/mol. The number of hydrogen-bond donors (Lipinski definition) is 2. The summed E-state index contributed by atoms with van der Waals surface area (Å²) >= 11 is 1.36. The van der Waals surface area contributed by atoms with Crippen LogP contribution in [0.25, 0.3) is 0 Å². The number of nitrogens with zero attached hydrogens (tertiary/aromatic N) is 3. The molecule has 0 aliphatic carbocycles. The first-order valence-electron chi connectivity index (χ1n) is 7.84. The number of aryl methyl sites for hydroxylation is 1. The lowest BCUT2D eigenvalue weighted by atomic mass is 10.1. The largest absolute Gasteiger partial charge is 0.334 e. The number of carbonyl (C=O) groups is 1. The Morgan fingerprint density at radius 3 is 2.78 bits per heavy atom. The summed E-state index contributed by atoms with van der Waals surface area (Å²) in [4.78, 5) is 14.3. The maximum atomic E-state index is 11.9. The van der Waals surface area contributed by atoms with Crippen LogP contribution in [-0.2, 0) is 13.1 Å². The number of carbonyl (C=O) groups excluding carboxylic acids is 1. The van der Waals surface area contributed by atoms with E-state index < -0.39 is 0 Å². The Hall–Kier alpha value is -1.99. The molecule has 0 radical (unpaired) electrons. The Balaban J connectivity index is 1.50. The lowest BCUT2D eigenvalue weighted by Gasteiger charge is -2.15. The van der Waals surface area contributed by atoms with Crippen LogP contribution < -0.4 is 10.6 Å². The van der Waals surface area contributed by atoms with E-state index in [1.807, 2.05) is 13.0 Å². The van der Waals surface area contributed by atoms with Crippen LogP contribution >= 0.6 is 11.3 Å². The molecule has 1 aliphatic heterocycles. The molecule has 0 atom stereocenters. The molecule has 0 bridgehead atoms. The Labute approximate surface area is 139 Å². The second kappa shape index (κ2) is 7.52. The molecule has 7 heteroatoms. The topological polar surface area (TPSA) is 70.1 Å². The highest BCUT2D eigenvalue weighted by molar-refractivity contribution is 7.15. The van der Waals surface area contributed by atoms with Gasteiger partial charge in [-0.05, 0) is 44.0 Å². The van der Waals surface area contributed by atoms with Gasteiger partial charge in [-0.1, -0.05) is 35.6 Å². The van der Waals surface area contributed by atoms with Crippen molar-refractivity contribution in [1.29, 1.82) is 0 Å². The molecule has 2 N–H and O–H groups in total. The predicted octanol–water partition coefficient (Wildman–Crippen LogP) is 2.76. The van der Waals surface area contributed by atoms with Crippen LogP contribution in [-0.4, -0.2) is 34.2 Å². The summed E-state index contributed by atoms with van der Waals surface area (Å²) in [5, 5.41) is 14.6. The summed E-state index contributed by atoms with van der Waals surface area (Å²) < 4.78 is 0. The SMILES string of the molecule is Cc1nnc(NC(=O)NCc2cccc(CN3CCCC3)c2)s1. The molecule has 23 heavy (non-hydrogen) atoms. The molecule has 3 rings (SSSR count). The van der Waals surface area contributed by atoms with Gasteiger partial charge in [0.1, 0.15) is 5.01 Å². The first kappa shape index (κ1) is 15.9. The summed E-state index contributed by atoms with van der Waals surface area (Å²) in [5.41, 5.74) is 2.40. The van der Waals surface area contributed by atoms with Crippen LogP contribution in [0.3, 0.4) is 0 Å². The van der Waals surface area contributed by atoms with Gasteiger partial charge < -0.3 is 5.32 Å². The molecule has 1 aromatic carbocycles. The van der Waals surface area contributed by atoms with Gasteiger partial charge in [-0.3, -0.25) is 10.2 Å². The summed E-state index contributed by atoms with van der Waals surface area (Å²) in [6.45, 7) is 5.71. The highest BCUT2D eigenvalue weighted by Gasteiger charge is 2.12. The highest BCUT2D eigenvalue weighted by Crippen LogP contribution is 2.15. The number of anilines is 1. The molecule has 122 valence electrons. The molecule has 6 nitrogen and oxygen atoms in total. The maximum Gasteiger partial charge on any atom is 0.321 e. The molecule has 0 spiro atoms. The van der Waals surface area contributed by atoms with Gasteiger partial charge in [0, 0.05) is 13.1 Å². The fourth-order valence-electron chi connectivity index (χ4n) is 2.71. The van der Waals surface area contributed by atoms with Crippen LogP contribution in [0.2, 0.25) is 0 Å². The standard InChI is InChI=1S/C16H21N5OS/c1-12-19-20-16(23-12)18-15(22)17-10-13-5-4-6-14(9-13)11-21-7-2-3-8-21/h4-6,9H,2-3,7-8,10-11H2,1H3,(H2,17,18,20,22). The molecular formula is C16H21N5OS. The van der Waals surface area contributed by atoms with Crippen molar-refractivity contribution in [1.82, 2.24) is 20.4 Å². The van der Waals surface area contributed by atoms with E-state index in [1.165, 1.54) is 42.8 Å². The number of rotatable bonds is 5. The van der Waals surface area contributed by atoms with Crippen molar-refractivity contribution in [2.75, 3.05) is 18.4 Å². The van der Waals surface area contributed by atoms with Crippen molar-refractivity contribution in [3.63, 3.8) is 0 Å². The molecule has 1 fully saturated rings. The summed E-state index contributed by atoms with van der Waals surface area (Å²) in [6.07, 6.45) is 2.60. The van der Waals surface area contributed by atoms with E-state index in [0.29, 0.717) is 11.7 Å². The third-order valence-electron chi connectivity index (χ3n) is 3.80. The quantitative estimate of drug-likeness (QED) is 0.884. The second-order valence-electron chi connectivity index (χ2n) is 5.74. The Kier molecular flexibility index (Phi) is 5.19. The van der Waals surface area contributed by atoms with Crippen LogP contribution in [0.15, 0.2) is 24.3 Å². The van der Waals surface area contributed by atoms with E-state index in [0.717, 1.165) is 17.1 Å². The lowest BCUT2D eigenvalue weighted by Crippen LogP contribution is -2.28. The van der Waals surface area contributed by atoms with Crippen LogP contribution in [0.1, 0.15) is 29.0 Å². The monoisotopic (exact) mass is 331 g/mol. The van der Waals surface area contributed by atoms with E-state index in [1.54, 1.807) is 0 Å². The van der Waals surface area contributed by atoms with E-state index in [2.05, 4.69) is 43.9 Å². The van der Waals surface area contributed by atoms with E-state index in [4.69, 9.17) is 0 Å². The first-order chi connectivity index (χ1) is 11.2. The fraction of sp³-hybridized carbons (Fsp3) is 0.438. The number of benzene rings is 1. The second-order valence-corrected chi connectivity index (χ2v) is 6.92. The number of urea groups is 1. The zero-order valence-corrected chi connectivity index (χ0v) is 14.0. The Morgan fingerprint density at radius 2 is 2.04 bits per heavy atom. The average molecular weight is 331 g/mol. The molecule has 1 saturated heterocycles. The van der Waals surface area contributed by atoms with Gasteiger partial charge in [0.2, 0.25) is 5.13 Å². The number of likely N-dealkylation sites (tertiary alicyclic amines) is 1. The zero-order valence-electron chi connectivity index (χ0n) is 13.2. The van der Waals surface area contributed by atoms with Gasteiger partial charge in [0.15, 0.2) is 0 Å². The fourth-order valence-corrected chi connectivity index (χ4v) is 3.29. The maximum absolute atomic E-state index is 11.9. The van der Waals surface area contributed by atoms with Crippen molar-refractivity contribution in [3.8, 4) is 0 Å². The van der Waals surface area contributed by atoms with Gasteiger partial charge in [-0.25, -0.2) is 4.79 Å². The number of aromatic nitrogens is 2. The van der Waals surface area contributed by atoms with Crippen molar-refractivity contribution in [3.05, 3.63) is 40.4 Å². The molecule has 1 aromatic heterocycles. The van der Waals surface area contributed by atoms with Gasteiger partial charge >= 0.3 is 6.03 Å². The van der Waals surface area contributed by atoms with E-state index in [9.17, 15) is 4.79 Å². The van der Waals surface area contributed by atoms with Gasteiger partial charge in [0.05, 0.1) is 0 Å². The van der Waals surface area contributed by atoms with E-state index in [-0.39, 0.29) is 6.03 Å². The molecule has 0 saturated carbocycles. The third-order valence-corrected chi connectivity index (χ3v) is 4.55. The smallest absolute Gasteiger partial charge is 0.321 e. The van der Waals surface area contributed by atoms with Crippen molar-refractivity contribution >= 4 is 22.5 Å². The first-order valence-corrected chi connectivity index (χ1v) is 8.66. The minimum absolute atomic E-state index is 0.258. The van der Waals surface area contributed by atoms with Crippen LogP contribution in [0.5, 0.6) is 0 Å².